The van der Waals surface area contributed by atoms with Crippen molar-refractivity contribution in [1.29, 1.82) is 0 Å². The summed E-state index contributed by atoms with van der Waals surface area (Å²) in [7, 11) is -2.23. The molecule has 1 aliphatic heterocycles. The van der Waals surface area contributed by atoms with E-state index in [1.807, 2.05) is 0 Å². The SMILES string of the molecule is Cn1ccnc1[C@H](NC(=O)C1CCN(S(=O)(=O)c2ccccc2F)CC1)c1ccccc1F. The van der Waals surface area contributed by atoms with E-state index in [0.717, 1.165) is 6.07 Å². The average Bonchev–Trinajstić information content (AvgIpc) is 3.23. The normalized spacial score (nSPS) is 16.5. The first-order valence-electron chi connectivity index (χ1n) is 10.6. The minimum Gasteiger partial charge on any atom is -0.342 e. The zero-order valence-electron chi connectivity index (χ0n) is 18.0. The lowest BCUT2D eigenvalue weighted by Crippen LogP contribution is -2.44. The Hall–Kier alpha value is -3.11. The number of halogens is 2. The van der Waals surface area contributed by atoms with E-state index in [2.05, 4.69) is 10.3 Å². The highest BCUT2D eigenvalue weighted by Crippen LogP contribution is 2.28. The molecule has 0 bridgehead atoms. The summed E-state index contributed by atoms with van der Waals surface area (Å²) in [6, 6.07) is 10.6. The van der Waals surface area contributed by atoms with Crippen LogP contribution in [0.3, 0.4) is 0 Å². The lowest BCUT2D eigenvalue weighted by Gasteiger charge is -2.31. The number of hydrogen-bond acceptors (Lipinski definition) is 4. The molecule has 3 aromatic rings. The zero-order chi connectivity index (χ0) is 23.6. The van der Waals surface area contributed by atoms with Crippen LogP contribution in [-0.4, -0.2) is 41.3 Å². The largest absolute Gasteiger partial charge is 0.342 e. The lowest BCUT2D eigenvalue weighted by atomic mass is 9.96. The molecule has 4 rings (SSSR count). The molecule has 7 nitrogen and oxygen atoms in total. The van der Waals surface area contributed by atoms with Gasteiger partial charge in [0.15, 0.2) is 0 Å². The third-order valence-corrected chi connectivity index (χ3v) is 7.83. The molecular formula is C23H24F2N4O3S. The van der Waals surface area contributed by atoms with Crippen molar-refractivity contribution in [1.82, 2.24) is 19.2 Å². The van der Waals surface area contributed by atoms with Gasteiger partial charge in [-0.15, -0.1) is 0 Å². The van der Waals surface area contributed by atoms with Crippen molar-refractivity contribution in [3.8, 4) is 0 Å². The predicted molar refractivity (Wildman–Crippen MR) is 117 cm³/mol. The lowest BCUT2D eigenvalue weighted by molar-refractivity contribution is -0.126. The number of amides is 1. The van der Waals surface area contributed by atoms with Crippen molar-refractivity contribution in [3.63, 3.8) is 0 Å². The average molecular weight is 475 g/mol. The van der Waals surface area contributed by atoms with Gasteiger partial charge in [-0.05, 0) is 31.0 Å². The highest BCUT2D eigenvalue weighted by Gasteiger charge is 2.34. The van der Waals surface area contributed by atoms with Crippen LogP contribution in [0.5, 0.6) is 0 Å². The van der Waals surface area contributed by atoms with Crippen LogP contribution in [0.1, 0.15) is 30.3 Å². The van der Waals surface area contributed by atoms with E-state index in [0.29, 0.717) is 11.4 Å². The fourth-order valence-corrected chi connectivity index (χ4v) is 5.59. The van der Waals surface area contributed by atoms with E-state index < -0.39 is 33.6 Å². The zero-order valence-corrected chi connectivity index (χ0v) is 18.8. The van der Waals surface area contributed by atoms with Crippen LogP contribution >= 0.6 is 0 Å². The van der Waals surface area contributed by atoms with Crippen LogP contribution in [0.25, 0.3) is 0 Å². The van der Waals surface area contributed by atoms with Gasteiger partial charge in [-0.3, -0.25) is 4.79 Å². The number of rotatable bonds is 6. The van der Waals surface area contributed by atoms with E-state index in [4.69, 9.17) is 0 Å². The third kappa shape index (κ3) is 4.67. The first-order chi connectivity index (χ1) is 15.8. The first kappa shape index (κ1) is 23.1. The van der Waals surface area contributed by atoms with Gasteiger partial charge in [-0.2, -0.15) is 4.31 Å². The van der Waals surface area contributed by atoms with Crippen molar-refractivity contribution < 1.29 is 22.0 Å². The second kappa shape index (κ2) is 9.40. The number of nitrogens with zero attached hydrogens (tertiary/aromatic N) is 3. The van der Waals surface area contributed by atoms with Crippen LogP contribution in [-0.2, 0) is 21.9 Å². The summed E-state index contributed by atoms with van der Waals surface area (Å²) in [5.74, 6) is -1.56. The summed E-state index contributed by atoms with van der Waals surface area (Å²) in [5.41, 5.74) is 0.291. The van der Waals surface area contributed by atoms with Crippen LogP contribution < -0.4 is 5.32 Å². The molecule has 1 aromatic heterocycles. The van der Waals surface area contributed by atoms with Gasteiger partial charge in [0.25, 0.3) is 0 Å². The molecule has 1 N–H and O–H groups in total. The summed E-state index contributed by atoms with van der Waals surface area (Å²) in [6.45, 7) is 0.170. The van der Waals surface area contributed by atoms with Crippen LogP contribution in [0.15, 0.2) is 65.8 Å². The molecule has 33 heavy (non-hydrogen) atoms. The van der Waals surface area contributed by atoms with Crippen molar-refractivity contribution in [2.75, 3.05) is 13.1 Å². The first-order valence-corrected chi connectivity index (χ1v) is 12.0. The predicted octanol–water partition coefficient (Wildman–Crippen LogP) is 3.00. The van der Waals surface area contributed by atoms with Crippen LogP contribution in [0.2, 0.25) is 0 Å². The Kier molecular flexibility index (Phi) is 6.57. The molecule has 0 unspecified atom stereocenters. The number of aryl methyl sites for hydroxylation is 1. The van der Waals surface area contributed by atoms with E-state index in [1.165, 1.54) is 28.6 Å². The standard InChI is InChI=1S/C23H24F2N4O3S/c1-28-15-12-26-22(28)21(17-6-2-3-7-18(17)24)27-23(30)16-10-13-29(14-11-16)33(31,32)20-9-5-4-8-19(20)25/h2-9,12,15-16,21H,10-11,13-14H2,1H3,(H,27,30)/t21-/m1/s1. The van der Waals surface area contributed by atoms with Crippen molar-refractivity contribution in [2.45, 2.75) is 23.8 Å². The van der Waals surface area contributed by atoms with E-state index in [-0.39, 0.29) is 36.7 Å². The number of nitrogens with one attached hydrogen (secondary N) is 1. The molecule has 0 spiro atoms. The van der Waals surface area contributed by atoms with E-state index in [9.17, 15) is 22.0 Å². The second-order valence-corrected chi connectivity index (χ2v) is 9.87. The van der Waals surface area contributed by atoms with Crippen molar-refractivity contribution in [2.24, 2.45) is 13.0 Å². The summed E-state index contributed by atoms with van der Waals surface area (Å²) < 4.78 is 57.1. The van der Waals surface area contributed by atoms with Crippen molar-refractivity contribution >= 4 is 15.9 Å². The highest BCUT2D eigenvalue weighted by atomic mass is 32.2. The van der Waals surface area contributed by atoms with Gasteiger partial charge in [-0.1, -0.05) is 30.3 Å². The molecule has 174 valence electrons. The molecule has 1 saturated heterocycles. The molecule has 1 atom stereocenters. The number of carbonyl (C=O) groups excluding carboxylic acids is 1. The van der Waals surface area contributed by atoms with Gasteiger partial charge in [0.2, 0.25) is 15.9 Å². The Bertz CT molecular complexity index is 1250. The smallest absolute Gasteiger partial charge is 0.245 e. The second-order valence-electron chi connectivity index (χ2n) is 7.97. The van der Waals surface area contributed by atoms with Crippen LogP contribution in [0, 0.1) is 17.6 Å². The number of aromatic nitrogens is 2. The number of piperidine rings is 1. The fourth-order valence-electron chi connectivity index (χ4n) is 4.06. The number of benzene rings is 2. The fraction of sp³-hybridized carbons (Fsp3) is 0.304. The van der Waals surface area contributed by atoms with Gasteiger partial charge in [-0.25, -0.2) is 22.2 Å². The van der Waals surface area contributed by atoms with Crippen LogP contribution in [0.4, 0.5) is 8.78 Å². The summed E-state index contributed by atoms with van der Waals surface area (Å²) in [4.78, 5) is 17.0. The Morgan fingerprint density at radius 2 is 1.70 bits per heavy atom. The van der Waals surface area contributed by atoms with Gasteiger partial charge in [0.1, 0.15) is 28.4 Å². The van der Waals surface area contributed by atoms with Gasteiger partial charge >= 0.3 is 0 Å². The Morgan fingerprint density at radius 1 is 1.06 bits per heavy atom. The van der Waals surface area contributed by atoms with E-state index in [1.54, 1.807) is 42.2 Å². The van der Waals surface area contributed by atoms with E-state index >= 15 is 0 Å². The number of sulfonamides is 1. The summed E-state index contributed by atoms with van der Waals surface area (Å²) in [6.07, 6.45) is 3.82. The minimum atomic E-state index is -3.99. The maximum absolute atomic E-state index is 14.5. The molecule has 2 heterocycles. The molecule has 1 fully saturated rings. The Morgan fingerprint density at radius 3 is 2.30 bits per heavy atom. The number of hydrogen-bond donors (Lipinski definition) is 1. The van der Waals surface area contributed by atoms with Gasteiger partial charge in [0.05, 0.1) is 0 Å². The van der Waals surface area contributed by atoms with Crippen molar-refractivity contribution in [3.05, 3.63) is 83.9 Å². The molecule has 1 aliphatic rings. The number of carbonyl (C=O) groups is 1. The molecule has 2 aromatic carbocycles. The third-order valence-electron chi connectivity index (χ3n) is 5.90. The molecule has 0 aliphatic carbocycles. The van der Waals surface area contributed by atoms with Gasteiger partial charge < -0.3 is 9.88 Å². The minimum absolute atomic E-state index is 0.0848. The Labute approximate surface area is 191 Å². The number of imidazole rings is 1. The van der Waals surface area contributed by atoms with Gasteiger partial charge in [0, 0.05) is 44.0 Å². The molecule has 1 amide bonds. The molecular weight excluding hydrogens is 450 g/mol. The molecule has 0 radical (unpaired) electrons. The molecule has 10 heteroatoms. The maximum atomic E-state index is 14.5. The quantitative estimate of drug-likeness (QED) is 0.595. The highest BCUT2D eigenvalue weighted by molar-refractivity contribution is 7.89. The summed E-state index contributed by atoms with van der Waals surface area (Å²) >= 11 is 0. The monoisotopic (exact) mass is 474 g/mol. The Balaban J connectivity index is 1.48. The molecule has 0 saturated carbocycles. The topological polar surface area (TPSA) is 84.3 Å². The summed E-state index contributed by atoms with van der Waals surface area (Å²) in [5, 5.41) is 2.89. The maximum Gasteiger partial charge on any atom is 0.245 e.